The predicted octanol–water partition coefficient (Wildman–Crippen LogP) is 3.77. The second-order valence-corrected chi connectivity index (χ2v) is 6.15. The van der Waals surface area contributed by atoms with Crippen LogP contribution in [0.2, 0.25) is 5.02 Å². The van der Waals surface area contributed by atoms with Crippen molar-refractivity contribution in [2.75, 3.05) is 6.61 Å². The molecule has 2 nitrogen and oxygen atoms in total. The lowest BCUT2D eigenvalue weighted by atomic mass is 9.64. The van der Waals surface area contributed by atoms with Gasteiger partial charge in [-0.3, -0.25) is 0 Å². The lowest BCUT2D eigenvalue weighted by molar-refractivity contribution is -0.114. The number of hydrogen-bond donors (Lipinski definition) is 1. The minimum absolute atomic E-state index is 0.118. The number of benzene rings is 1. The van der Waals surface area contributed by atoms with Gasteiger partial charge < -0.3 is 10.1 Å². The fourth-order valence-corrected chi connectivity index (χ4v) is 2.91. The van der Waals surface area contributed by atoms with E-state index in [0.29, 0.717) is 23.7 Å². The van der Waals surface area contributed by atoms with Gasteiger partial charge in [-0.1, -0.05) is 25.4 Å². The van der Waals surface area contributed by atoms with Gasteiger partial charge >= 0.3 is 0 Å². The largest absolute Gasteiger partial charge is 0.378 e. The molecule has 2 rings (SSSR count). The first kappa shape index (κ1) is 14.8. The molecule has 0 aliphatic heterocycles. The Hall–Kier alpha value is -0.640. The van der Waals surface area contributed by atoms with E-state index >= 15 is 0 Å². The maximum atomic E-state index is 13.2. The molecule has 1 aliphatic rings. The normalized spacial score (nSPS) is 25.1. The Kier molecular flexibility index (Phi) is 4.49. The third-order valence-electron chi connectivity index (χ3n) is 4.02. The van der Waals surface area contributed by atoms with Crippen molar-refractivity contribution in [1.82, 2.24) is 5.32 Å². The molecule has 1 aromatic rings. The van der Waals surface area contributed by atoms with Crippen LogP contribution >= 0.6 is 11.6 Å². The van der Waals surface area contributed by atoms with E-state index in [-0.39, 0.29) is 11.2 Å². The van der Waals surface area contributed by atoms with Crippen LogP contribution in [0.4, 0.5) is 4.39 Å². The zero-order valence-electron chi connectivity index (χ0n) is 11.7. The van der Waals surface area contributed by atoms with Crippen LogP contribution in [-0.2, 0) is 11.3 Å². The summed E-state index contributed by atoms with van der Waals surface area (Å²) in [6.07, 6.45) is 1.32. The van der Waals surface area contributed by atoms with Gasteiger partial charge in [-0.05, 0) is 37.1 Å². The monoisotopic (exact) mass is 285 g/mol. The Morgan fingerprint density at radius 2 is 2.16 bits per heavy atom. The average Bonchev–Trinajstić information content (AvgIpc) is 2.31. The van der Waals surface area contributed by atoms with Gasteiger partial charge in [0.2, 0.25) is 0 Å². The number of hydrogen-bond acceptors (Lipinski definition) is 2. The topological polar surface area (TPSA) is 21.3 Å². The molecule has 0 spiro atoms. The second kappa shape index (κ2) is 5.78. The first-order valence-electron chi connectivity index (χ1n) is 6.73. The van der Waals surface area contributed by atoms with E-state index in [2.05, 4.69) is 19.2 Å². The van der Waals surface area contributed by atoms with E-state index in [1.807, 2.05) is 6.92 Å². The van der Waals surface area contributed by atoms with Gasteiger partial charge in [0, 0.05) is 29.6 Å². The van der Waals surface area contributed by atoms with Crippen LogP contribution < -0.4 is 5.32 Å². The van der Waals surface area contributed by atoms with Gasteiger partial charge in [0.1, 0.15) is 5.82 Å². The highest BCUT2D eigenvalue weighted by molar-refractivity contribution is 6.30. The first-order chi connectivity index (χ1) is 8.93. The summed E-state index contributed by atoms with van der Waals surface area (Å²) in [5.41, 5.74) is 0.994. The molecule has 0 aromatic heterocycles. The molecule has 2 unspecified atom stereocenters. The molecule has 1 aromatic carbocycles. The fourth-order valence-electron chi connectivity index (χ4n) is 2.67. The molecule has 4 heteroatoms. The minimum atomic E-state index is -0.288. The molecular formula is C15H21ClFNO. The Bertz CT molecular complexity index is 430. The van der Waals surface area contributed by atoms with E-state index in [0.717, 1.165) is 18.6 Å². The van der Waals surface area contributed by atoms with Crippen molar-refractivity contribution < 1.29 is 9.13 Å². The molecule has 0 bridgehead atoms. The molecule has 1 aliphatic carbocycles. The molecule has 1 fully saturated rings. The summed E-state index contributed by atoms with van der Waals surface area (Å²) in [5.74, 6) is -0.288. The minimum Gasteiger partial charge on any atom is -0.378 e. The van der Waals surface area contributed by atoms with E-state index in [9.17, 15) is 4.39 Å². The highest BCUT2D eigenvalue weighted by Gasteiger charge is 2.48. The fraction of sp³-hybridized carbons (Fsp3) is 0.600. The van der Waals surface area contributed by atoms with Crippen LogP contribution in [0.1, 0.15) is 32.8 Å². The average molecular weight is 286 g/mol. The summed E-state index contributed by atoms with van der Waals surface area (Å²) < 4.78 is 18.9. The SMILES string of the molecule is CCOC1CC(NCc2cc(F)cc(Cl)c2)C1(C)C. The molecule has 19 heavy (non-hydrogen) atoms. The van der Waals surface area contributed by atoms with Crippen molar-refractivity contribution in [2.24, 2.45) is 5.41 Å². The summed E-state index contributed by atoms with van der Waals surface area (Å²) in [5, 5.41) is 3.90. The number of halogens is 2. The Balaban J connectivity index is 1.90. The lowest BCUT2D eigenvalue weighted by Gasteiger charge is -2.52. The van der Waals surface area contributed by atoms with Crippen LogP contribution in [0.3, 0.4) is 0 Å². The van der Waals surface area contributed by atoms with Gasteiger partial charge in [0.15, 0.2) is 0 Å². The van der Waals surface area contributed by atoms with E-state index in [1.54, 1.807) is 6.07 Å². The highest BCUT2D eigenvalue weighted by atomic mass is 35.5. The van der Waals surface area contributed by atoms with E-state index in [1.165, 1.54) is 12.1 Å². The molecule has 1 N–H and O–H groups in total. The Labute approximate surface area is 119 Å². The molecule has 0 amide bonds. The van der Waals surface area contributed by atoms with Crippen LogP contribution in [-0.4, -0.2) is 18.8 Å². The summed E-state index contributed by atoms with van der Waals surface area (Å²) in [6.45, 7) is 7.80. The van der Waals surface area contributed by atoms with Crippen molar-refractivity contribution in [2.45, 2.75) is 45.9 Å². The summed E-state index contributed by atoms with van der Waals surface area (Å²) in [6, 6.07) is 5.03. The maximum Gasteiger partial charge on any atom is 0.125 e. The van der Waals surface area contributed by atoms with Gasteiger partial charge in [0.25, 0.3) is 0 Å². The van der Waals surface area contributed by atoms with Crippen molar-refractivity contribution in [3.8, 4) is 0 Å². The van der Waals surface area contributed by atoms with Crippen LogP contribution in [0.25, 0.3) is 0 Å². The molecule has 0 heterocycles. The molecule has 0 radical (unpaired) electrons. The quantitative estimate of drug-likeness (QED) is 0.889. The molecular weight excluding hydrogens is 265 g/mol. The third-order valence-corrected chi connectivity index (χ3v) is 4.24. The number of ether oxygens (including phenoxy) is 1. The maximum absolute atomic E-state index is 13.2. The van der Waals surface area contributed by atoms with Crippen molar-refractivity contribution in [3.63, 3.8) is 0 Å². The van der Waals surface area contributed by atoms with Gasteiger partial charge in [-0.2, -0.15) is 0 Å². The predicted molar refractivity (Wildman–Crippen MR) is 75.8 cm³/mol. The van der Waals surface area contributed by atoms with Crippen molar-refractivity contribution in [3.05, 3.63) is 34.6 Å². The summed E-state index contributed by atoms with van der Waals surface area (Å²) >= 11 is 5.85. The summed E-state index contributed by atoms with van der Waals surface area (Å²) in [4.78, 5) is 0. The Morgan fingerprint density at radius 1 is 1.42 bits per heavy atom. The van der Waals surface area contributed by atoms with Gasteiger partial charge in [-0.15, -0.1) is 0 Å². The van der Waals surface area contributed by atoms with Crippen LogP contribution in [0.5, 0.6) is 0 Å². The third kappa shape index (κ3) is 3.28. The van der Waals surface area contributed by atoms with Crippen molar-refractivity contribution >= 4 is 11.6 Å². The summed E-state index contributed by atoms with van der Waals surface area (Å²) in [7, 11) is 0. The molecule has 0 saturated heterocycles. The van der Waals surface area contributed by atoms with Crippen LogP contribution in [0.15, 0.2) is 18.2 Å². The van der Waals surface area contributed by atoms with Crippen molar-refractivity contribution in [1.29, 1.82) is 0 Å². The smallest absolute Gasteiger partial charge is 0.125 e. The molecule has 106 valence electrons. The Morgan fingerprint density at radius 3 is 2.74 bits per heavy atom. The van der Waals surface area contributed by atoms with Gasteiger partial charge in [0.05, 0.1) is 6.10 Å². The highest BCUT2D eigenvalue weighted by Crippen LogP contribution is 2.42. The molecule has 2 atom stereocenters. The van der Waals surface area contributed by atoms with E-state index in [4.69, 9.17) is 16.3 Å². The lowest BCUT2D eigenvalue weighted by Crippen LogP contribution is -2.60. The second-order valence-electron chi connectivity index (χ2n) is 5.71. The van der Waals surface area contributed by atoms with E-state index < -0.39 is 0 Å². The zero-order chi connectivity index (χ0) is 14.0. The van der Waals surface area contributed by atoms with Gasteiger partial charge in [-0.25, -0.2) is 4.39 Å². The van der Waals surface area contributed by atoms with Crippen LogP contribution in [0, 0.1) is 11.2 Å². The molecule has 1 saturated carbocycles. The first-order valence-corrected chi connectivity index (χ1v) is 7.11. The number of rotatable bonds is 5. The zero-order valence-corrected chi connectivity index (χ0v) is 12.4. The standard InChI is InChI=1S/C15H21ClFNO/c1-4-19-14-8-13(15(14,2)3)18-9-10-5-11(16)7-12(17)6-10/h5-7,13-14,18H,4,8-9H2,1-3H3. The number of nitrogens with one attached hydrogen (secondary N) is 1.